The van der Waals surface area contributed by atoms with E-state index in [0.717, 1.165) is 5.70 Å². The molecule has 0 amide bonds. The van der Waals surface area contributed by atoms with Gasteiger partial charge in [-0.05, 0) is 25.1 Å². The van der Waals surface area contributed by atoms with Gasteiger partial charge in [0.1, 0.15) is 5.75 Å². The van der Waals surface area contributed by atoms with E-state index < -0.39 is 0 Å². The lowest BCUT2D eigenvalue weighted by atomic mass is 10.3. The smallest absolute Gasteiger partial charge is 0.139 e. The van der Waals surface area contributed by atoms with Gasteiger partial charge in [-0.25, -0.2) is 0 Å². The summed E-state index contributed by atoms with van der Waals surface area (Å²) in [6.07, 6.45) is 3.54. The highest BCUT2D eigenvalue weighted by molar-refractivity contribution is 5.58. The van der Waals surface area contributed by atoms with Gasteiger partial charge in [0.05, 0.1) is 5.69 Å². The molecule has 0 heterocycles. The molecule has 0 bridgehead atoms. The molecular weight excluding hydrogens is 162 g/mol. The summed E-state index contributed by atoms with van der Waals surface area (Å²) in [7, 11) is 0. The summed E-state index contributed by atoms with van der Waals surface area (Å²) < 4.78 is 0. The third-order valence-corrected chi connectivity index (χ3v) is 1.60. The number of phenolic OH excluding ortho intramolecular Hbond substituents is 1. The van der Waals surface area contributed by atoms with Gasteiger partial charge in [0, 0.05) is 5.70 Å². The second-order valence-electron chi connectivity index (χ2n) is 2.73. The van der Waals surface area contributed by atoms with Gasteiger partial charge in [0.2, 0.25) is 0 Å². The molecule has 0 unspecified atom stereocenters. The summed E-state index contributed by atoms with van der Waals surface area (Å²) in [5.74, 6) is 0.249. The largest absolute Gasteiger partial charge is 0.506 e. The molecule has 0 radical (unpaired) electrons. The second-order valence-corrected chi connectivity index (χ2v) is 2.73. The number of para-hydroxylation sites is 2. The van der Waals surface area contributed by atoms with E-state index in [1.807, 2.05) is 25.1 Å². The molecular formula is C11H13NO. The van der Waals surface area contributed by atoms with Crippen LogP contribution in [0.15, 0.2) is 48.7 Å². The van der Waals surface area contributed by atoms with Gasteiger partial charge in [-0.2, -0.15) is 0 Å². The lowest BCUT2D eigenvalue weighted by Gasteiger charge is -2.07. The number of nitrogens with one attached hydrogen (secondary N) is 1. The molecule has 1 aromatic rings. The molecule has 0 aliphatic rings. The van der Waals surface area contributed by atoms with Crippen molar-refractivity contribution >= 4 is 5.69 Å². The fraction of sp³-hybridized carbons (Fsp3) is 0.0909. The number of phenols is 1. The molecule has 68 valence electrons. The maximum absolute atomic E-state index is 9.41. The molecule has 0 saturated heterocycles. The highest BCUT2D eigenvalue weighted by Gasteiger charge is 1.97. The van der Waals surface area contributed by atoms with Crippen LogP contribution in [0.25, 0.3) is 0 Å². The zero-order chi connectivity index (χ0) is 9.68. The Bertz CT molecular complexity index is 329. The van der Waals surface area contributed by atoms with Crippen LogP contribution in [0.5, 0.6) is 5.75 Å². The molecule has 2 heteroatoms. The van der Waals surface area contributed by atoms with E-state index in [1.54, 1.807) is 18.2 Å². The summed E-state index contributed by atoms with van der Waals surface area (Å²) in [4.78, 5) is 0. The van der Waals surface area contributed by atoms with E-state index in [1.165, 1.54) is 0 Å². The monoisotopic (exact) mass is 175 g/mol. The number of allylic oxidation sites excluding steroid dienone is 3. The minimum absolute atomic E-state index is 0.249. The molecule has 0 spiro atoms. The molecule has 1 rings (SSSR count). The van der Waals surface area contributed by atoms with Crippen LogP contribution in [0.3, 0.4) is 0 Å². The van der Waals surface area contributed by atoms with Crippen LogP contribution in [0.1, 0.15) is 6.92 Å². The Kier molecular flexibility index (Phi) is 3.15. The van der Waals surface area contributed by atoms with Crippen molar-refractivity contribution in [3.63, 3.8) is 0 Å². The van der Waals surface area contributed by atoms with Crippen LogP contribution in [-0.2, 0) is 0 Å². The number of rotatable bonds is 3. The van der Waals surface area contributed by atoms with E-state index in [2.05, 4.69) is 11.9 Å². The molecule has 2 N–H and O–H groups in total. The van der Waals surface area contributed by atoms with Crippen LogP contribution in [0.4, 0.5) is 5.69 Å². The maximum atomic E-state index is 9.41. The first-order chi connectivity index (χ1) is 6.24. The lowest BCUT2D eigenvalue weighted by Crippen LogP contribution is -1.94. The van der Waals surface area contributed by atoms with Gasteiger partial charge in [-0.3, -0.25) is 0 Å². The fourth-order valence-corrected chi connectivity index (χ4v) is 1.01. The predicted molar refractivity (Wildman–Crippen MR) is 55.7 cm³/mol. The Labute approximate surface area is 78.2 Å². The standard InChI is InChI=1S/C11H13NO/c1-3-6-9(2)12-10-7-4-5-8-11(10)13/h3-8,12-13H,1H2,2H3/b9-6+. The molecule has 1 aromatic carbocycles. The molecule has 0 atom stereocenters. The minimum atomic E-state index is 0.249. The van der Waals surface area contributed by atoms with E-state index in [0.29, 0.717) is 5.69 Å². The van der Waals surface area contributed by atoms with E-state index in [-0.39, 0.29) is 5.75 Å². The van der Waals surface area contributed by atoms with Gasteiger partial charge < -0.3 is 10.4 Å². The number of anilines is 1. The van der Waals surface area contributed by atoms with Crippen molar-refractivity contribution in [2.24, 2.45) is 0 Å². The van der Waals surface area contributed by atoms with E-state index in [9.17, 15) is 5.11 Å². The Morgan fingerprint density at radius 2 is 2.15 bits per heavy atom. The molecule has 0 aliphatic carbocycles. The maximum Gasteiger partial charge on any atom is 0.139 e. The number of hydrogen-bond donors (Lipinski definition) is 2. The molecule has 2 nitrogen and oxygen atoms in total. The van der Waals surface area contributed by atoms with Gasteiger partial charge in [0.25, 0.3) is 0 Å². The molecule has 0 aromatic heterocycles. The Morgan fingerprint density at radius 1 is 1.46 bits per heavy atom. The average Bonchev–Trinajstić information content (AvgIpc) is 2.09. The predicted octanol–water partition coefficient (Wildman–Crippen LogP) is 2.89. The molecule has 0 saturated carbocycles. The number of hydrogen-bond acceptors (Lipinski definition) is 2. The summed E-state index contributed by atoms with van der Waals surface area (Å²) >= 11 is 0. The van der Waals surface area contributed by atoms with Crippen LogP contribution in [0, 0.1) is 0 Å². The van der Waals surface area contributed by atoms with Crippen molar-refractivity contribution in [1.29, 1.82) is 0 Å². The third-order valence-electron chi connectivity index (χ3n) is 1.60. The highest BCUT2D eigenvalue weighted by Crippen LogP contribution is 2.22. The molecule has 0 aliphatic heterocycles. The average molecular weight is 175 g/mol. The first kappa shape index (κ1) is 9.39. The van der Waals surface area contributed by atoms with Crippen molar-refractivity contribution in [3.8, 4) is 5.75 Å². The van der Waals surface area contributed by atoms with Gasteiger partial charge in [-0.1, -0.05) is 24.8 Å². The van der Waals surface area contributed by atoms with Gasteiger partial charge in [-0.15, -0.1) is 0 Å². The summed E-state index contributed by atoms with van der Waals surface area (Å²) in [5, 5.41) is 12.5. The third kappa shape index (κ3) is 2.67. The van der Waals surface area contributed by atoms with Crippen molar-refractivity contribution in [2.45, 2.75) is 6.92 Å². The SMILES string of the molecule is C=C/C=C(\C)Nc1ccccc1O. The first-order valence-corrected chi connectivity index (χ1v) is 4.08. The number of benzene rings is 1. The van der Waals surface area contributed by atoms with Crippen LogP contribution < -0.4 is 5.32 Å². The Morgan fingerprint density at radius 3 is 2.77 bits per heavy atom. The summed E-state index contributed by atoms with van der Waals surface area (Å²) in [6, 6.07) is 7.11. The summed E-state index contributed by atoms with van der Waals surface area (Å²) in [5.41, 5.74) is 1.65. The van der Waals surface area contributed by atoms with E-state index >= 15 is 0 Å². The lowest BCUT2D eigenvalue weighted by molar-refractivity contribution is 0.477. The van der Waals surface area contributed by atoms with Crippen LogP contribution >= 0.6 is 0 Å². The van der Waals surface area contributed by atoms with Crippen molar-refractivity contribution in [1.82, 2.24) is 0 Å². The van der Waals surface area contributed by atoms with E-state index in [4.69, 9.17) is 0 Å². The van der Waals surface area contributed by atoms with Crippen LogP contribution in [0.2, 0.25) is 0 Å². The first-order valence-electron chi connectivity index (χ1n) is 4.08. The molecule has 13 heavy (non-hydrogen) atoms. The zero-order valence-electron chi connectivity index (χ0n) is 7.62. The van der Waals surface area contributed by atoms with Crippen LogP contribution in [-0.4, -0.2) is 5.11 Å². The van der Waals surface area contributed by atoms with Crippen molar-refractivity contribution in [3.05, 3.63) is 48.7 Å². The van der Waals surface area contributed by atoms with Crippen molar-refractivity contribution < 1.29 is 5.11 Å². The fourth-order valence-electron chi connectivity index (χ4n) is 1.01. The van der Waals surface area contributed by atoms with Crippen molar-refractivity contribution in [2.75, 3.05) is 5.32 Å². The van der Waals surface area contributed by atoms with Gasteiger partial charge >= 0.3 is 0 Å². The normalized spacial score (nSPS) is 11.0. The Hall–Kier alpha value is -1.70. The zero-order valence-corrected chi connectivity index (χ0v) is 7.62. The Balaban J connectivity index is 2.80. The second kappa shape index (κ2) is 4.36. The highest BCUT2D eigenvalue weighted by atomic mass is 16.3. The molecule has 0 fully saturated rings. The topological polar surface area (TPSA) is 32.3 Å². The number of aromatic hydroxyl groups is 1. The summed E-state index contributed by atoms with van der Waals surface area (Å²) in [6.45, 7) is 5.50. The minimum Gasteiger partial charge on any atom is -0.506 e. The quantitative estimate of drug-likeness (QED) is 0.547. The van der Waals surface area contributed by atoms with Gasteiger partial charge in [0.15, 0.2) is 0 Å².